The number of nitriles is 1. The van der Waals surface area contributed by atoms with Gasteiger partial charge in [-0.25, -0.2) is 18.2 Å². The van der Waals surface area contributed by atoms with Crippen molar-refractivity contribution in [3.05, 3.63) is 80.6 Å². The lowest BCUT2D eigenvalue weighted by molar-refractivity contribution is -0.377. The van der Waals surface area contributed by atoms with Crippen LogP contribution in [0.25, 0.3) is 0 Å². The standard InChI is InChI=1S/C29H24Cl3F2N3O6S2/c30-20-5-3-17(12-35)9-26(20)45(39,40)37-7-8-44-27(37)28(38)42-24(11-19-21(31)13-36-14-22(19)32)18-4-6-23(43-29(33)34)25(10-18)41-15-16-1-2-16/h3-6,9-10,13-14,16,24,27,29H,1-2,7-8,11,15H2/p+1/t24-,27-/m0/s1. The molecule has 0 bridgehead atoms. The lowest BCUT2D eigenvalue weighted by Gasteiger charge is -2.26. The van der Waals surface area contributed by atoms with Crippen LogP contribution in [0, 0.1) is 17.2 Å². The topological polar surface area (TPSA) is 120 Å². The summed E-state index contributed by atoms with van der Waals surface area (Å²) in [4.78, 5) is 16.2. The number of benzene rings is 2. The van der Waals surface area contributed by atoms with Crippen molar-refractivity contribution in [1.82, 2.24) is 4.31 Å². The van der Waals surface area contributed by atoms with Crippen LogP contribution in [0.15, 0.2) is 53.7 Å². The Bertz CT molecular complexity index is 1720. The zero-order valence-corrected chi connectivity index (χ0v) is 27.1. The molecular formula is C29H25Cl3F2N3O6S2+. The van der Waals surface area contributed by atoms with E-state index in [0.717, 1.165) is 35.0 Å². The van der Waals surface area contributed by atoms with Gasteiger partial charge < -0.3 is 14.2 Å². The second-order valence-electron chi connectivity index (χ2n) is 10.2. The predicted octanol–water partition coefficient (Wildman–Crippen LogP) is 6.31. The van der Waals surface area contributed by atoms with Crippen molar-refractivity contribution in [1.29, 1.82) is 5.26 Å². The minimum Gasteiger partial charge on any atom is -0.489 e. The number of hydrogen-bond donors (Lipinski definition) is 0. The number of H-pyrrole nitrogens is 1. The smallest absolute Gasteiger partial charge is 0.387 e. The van der Waals surface area contributed by atoms with Gasteiger partial charge in [0.05, 0.1) is 23.3 Å². The number of pyridine rings is 1. The summed E-state index contributed by atoms with van der Waals surface area (Å²) in [6, 6.07) is 9.89. The molecule has 16 heteroatoms. The molecule has 1 saturated heterocycles. The summed E-state index contributed by atoms with van der Waals surface area (Å²) < 4.78 is 71.0. The number of sulfonamides is 1. The van der Waals surface area contributed by atoms with E-state index >= 15 is 0 Å². The summed E-state index contributed by atoms with van der Waals surface area (Å²) in [7, 11) is -4.33. The number of nitrogens with one attached hydrogen (secondary N) is 1. The first-order valence-electron chi connectivity index (χ1n) is 13.6. The normalized spacial score (nSPS) is 17.6. The van der Waals surface area contributed by atoms with Crippen LogP contribution < -0.4 is 14.5 Å². The van der Waals surface area contributed by atoms with Crippen LogP contribution in [0.1, 0.15) is 35.6 Å². The Kier molecular flexibility index (Phi) is 10.6. The van der Waals surface area contributed by atoms with Crippen LogP contribution in [0.4, 0.5) is 8.78 Å². The highest BCUT2D eigenvalue weighted by Crippen LogP contribution is 2.39. The van der Waals surface area contributed by atoms with E-state index in [-0.39, 0.29) is 55.7 Å². The molecule has 0 spiro atoms. The van der Waals surface area contributed by atoms with Crippen molar-refractivity contribution >= 4 is 62.6 Å². The van der Waals surface area contributed by atoms with Crippen molar-refractivity contribution in [2.75, 3.05) is 18.9 Å². The molecule has 1 aromatic heterocycles. The number of thioether (sulfide) groups is 1. The highest BCUT2D eigenvalue weighted by Gasteiger charge is 2.43. The summed E-state index contributed by atoms with van der Waals surface area (Å²) in [5, 5.41) is 8.38. The van der Waals surface area contributed by atoms with Crippen molar-refractivity contribution in [3.63, 3.8) is 0 Å². The van der Waals surface area contributed by atoms with E-state index in [1.165, 1.54) is 42.7 Å². The van der Waals surface area contributed by atoms with Gasteiger partial charge in [0.25, 0.3) is 0 Å². The van der Waals surface area contributed by atoms with Gasteiger partial charge >= 0.3 is 12.6 Å². The molecule has 238 valence electrons. The Hall–Kier alpha value is -2.86. The lowest BCUT2D eigenvalue weighted by atomic mass is 10.0. The largest absolute Gasteiger partial charge is 0.489 e. The summed E-state index contributed by atoms with van der Waals surface area (Å²) >= 11 is 20.1. The third-order valence-corrected chi connectivity index (χ3v) is 11.4. The number of ether oxygens (including phenoxy) is 3. The number of hydrogen-bond acceptors (Lipinski definition) is 8. The number of carbonyl (C=O) groups is 1. The van der Waals surface area contributed by atoms with Crippen LogP contribution >= 0.6 is 46.6 Å². The quantitative estimate of drug-likeness (QED) is 0.200. The van der Waals surface area contributed by atoms with Crippen LogP contribution in [0.5, 0.6) is 11.5 Å². The van der Waals surface area contributed by atoms with E-state index in [9.17, 15) is 27.3 Å². The second-order valence-corrected chi connectivity index (χ2v) is 14.5. The van der Waals surface area contributed by atoms with Crippen LogP contribution in [-0.2, 0) is 26.0 Å². The Balaban J connectivity index is 1.48. The Morgan fingerprint density at radius 1 is 1.09 bits per heavy atom. The van der Waals surface area contributed by atoms with Gasteiger partial charge in [-0.2, -0.15) is 18.3 Å². The number of esters is 1. The monoisotopic (exact) mass is 718 g/mol. The predicted molar refractivity (Wildman–Crippen MR) is 163 cm³/mol. The molecule has 9 nitrogen and oxygen atoms in total. The molecule has 2 atom stereocenters. The van der Waals surface area contributed by atoms with Crippen LogP contribution in [-0.4, -0.2) is 49.6 Å². The molecule has 5 rings (SSSR count). The van der Waals surface area contributed by atoms with E-state index in [4.69, 9.17) is 44.3 Å². The number of aromatic nitrogens is 1. The van der Waals surface area contributed by atoms with E-state index < -0.39 is 34.1 Å². The number of aromatic amines is 1. The highest BCUT2D eigenvalue weighted by atomic mass is 35.5. The average Bonchev–Trinajstić information content (AvgIpc) is 3.69. The molecule has 1 aliphatic heterocycles. The molecule has 45 heavy (non-hydrogen) atoms. The minimum absolute atomic E-state index is 0.0183. The van der Waals surface area contributed by atoms with Crippen LogP contribution in [0.3, 0.4) is 0 Å². The van der Waals surface area contributed by atoms with Gasteiger partial charge in [-0.05, 0) is 54.7 Å². The number of carbonyl (C=O) groups excluding carboxylic acids is 1. The number of alkyl halides is 2. The fraction of sp³-hybridized carbons (Fsp3) is 0.345. The number of rotatable bonds is 12. The molecule has 1 N–H and O–H groups in total. The van der Waals surface area contributed by atoms with Crippen molar-refractivity contribution in [3.8, 4) is 17.6 Å². The van der Waals surface area contributed by atoms with Gasteiger partial charge in [-0.3, -0.25) is 0 Å². The highest BCUT2D eigenvalue weighted by molar-refractivity contribution is 8.02. The summed E-state index contributed by atoms with van der Waals surface area (Å²) in [6.07, 6.45) is 3.75. The summed E-state index contributed by atoms with van der Waals surface area (Å²) in [5.74, 6) is -0.462. The van der Waals surface area contributed by atoms with Gasteiger partial charge in [0.2, 0.25) is 10.0 Å². The zero-order valence-electron chi connectivity index (χ0n) is 23.2. The van der Waals surface area contributed by atoms with Crippen molar-refractivity contribution in [2.24, 2.45) is 5.92 Å². The van der Waals surface area contributed by atoms with Gasteiger partial charge in [0, 0.05) is 24.3 Å². The minimum atomic E-state index is -4.33. The first-order valence-corrected chi connectivity index (χ1v) is 17.2. The number of nitrogens with zero attached hydrogens (tertiary/aromatic N) is 2. The molecule has 2 aromatic carbocycles. The molecule has 2 heterocycles. The first-order chi connectivity index (χ1) is 21.5. The van der Waals surface area contributed by atoms with Gasteiger partial charge in [-0.1, -0.05) is 40.9 Å². The van der Waals surface area contributed by atoms with E-state index in [2.05, 4.69) is 9.72 Å². The van der Waals surface area contributed by atoms with Crippen LogP contribution in [0.2, 0.25) is 15.1 Å². The van der Waals surface area contributed by atoms with Crippen molar-refractivity contribution in [2.45, 2.75) is 42.2 Å². The molecular weight excluding hydrogens is 695 g/mol. The number of halogens is 5. The van der Waals surface area contributed by atoms with Gasteiger partial charge in [-0.15, -0.1) is 11.8 Å². The second kappa shape index (κ2) is 14.3. The maximum atomic E-state index is 13.7. The molecule has 2 aliphatic rings. The van der Waals surface area contributed by atoms with Gasteiger partial charge in [0.1, 0.15) is 21.0 Å². The fourth-order valence-corrected chi connectivity index (χ4v) is 8.67. The zero-order chi connectivity index (χ0) is 32.3. The molecule has 0 radical (unpaired) electrons. The first kappa shape index (κ1) is 33.5. The maximum Gasteiger partial charge on any atom is 0.387 e. The Labute approximate surface area is 277 Å². The third kappa shape index (κ3) is 7.93. The van der Waals surface area contributed by atoms with Crippen molar-refractivity contribution < 1.29 is 41.2 Å². The molecule has 1 saturated carbocycles. The summed E-state index contributed by atoms with van der Waals surface area (Å²) in [5.41, 5.74) is 0.849. The molecule has 0 amide bonds. The Morgan fingerprint density at radius 2 is 1.82 bits per heavy atom. The fourth-order valence-electron chi connectivity index (χ4n) is 4.59. The Morgan fingerprint density at radius 3 is 2.49 bits per heavy atom. The molecule has 0 unspecified atom stereocenters. The molecule has 2 fully saturated rings. The summed E-state index contributed by atoms with van der Waals surface area (Å²) in [6.45, 7) is -2.82. The van der Waals surface area contributed by atoms with E-state index in [0.29, 0.717) is 23.7 Å². The average molecular weight is 720 g/mol. The lowest BCUT2D eigenvalue weighted by Crippen LogP contribution is -2.40. The van der Waals surface area contributed by atoms with Gasteiger partial charge in [0.15, 0.2) is 29.3 Å². The van der Waals surface area contributed by atoms with E-state index in [1.54, 1.807) is 0 Å². The maximum absolute atomic E-state index is 13.7. The third-order valence-electron chi connectivity index (χ3n) is 7.07. The van der Waals surface area contributed by atoms with E-state index in [1.807, 2.05) is 6.07 Å². The molecule has 1 aliphatic carbocycles. The molecule has 3 aromatic rings. The SMILES string of the molecule is N#Cc1ccc(Cl)c(S(=O)(=O)N2CCS[C@H]2C(=O)O[C@@H](Cc2c(Cl)c[nH+]cc2Cl)c2ccc(OC(F)F)c(OCC3CC3)c2)c1.